The number of para-hydroxylation sites is 1. The fraction of sp³-hybridized carbons (Fsp3) is 0.333. The summed E-state index contributed by atoms with van der Waals surface area (Å²) < 4.78 is 0. The Morgan fingerprint density at radius 3 is 2.59 bits per heavy atom. The Balaban J connectivity index is 2.77. The van der Waals surface area contributed by atoms with Gasteiger partial charge in [-0.05, 0) is 12.1 Å². The van der Waals surface area contributed by atoms with Gasteiger partial charge < -0.3 is 10.4 Å². The fourth-order valence-electron chi connectivity index (χ4n) is 1.11. The van der Waals surface area contributed by atoms with Crippen LogP contribution in [0.3, 0.4) is 0 Å². The van der Waals surface area contributed by atoms with Crippen molar-refractivity contribution < 1.29 is 14.7 Å². The lowest BCUT2D eigenvalue weighted by atomic mass is 10.2. The molecule has 17 heavy (non-hydrogen) atoms. The molecule has 0 radical (unpaired) electrons. The number of amides is 1. The van der Waals surface area contributed by atoms with Crippen LogP contribution in [0.1, 0.15) is 13.8 Å². The number of anilines is 1. The second-order valence-corrected chi connectivity index (χ2v) is 4.84. The maximum absolute atomic E-state index is 11.6. The molecule has 92 valence electrons. The van der Waals surface area contributed by atoms with E-state index in [4.69, 9.17) is 5.11 Å². The highest BCUT2D eigenvalue weighted by Gasteiger charge is 2.10. The van der Waals surface area contributed by atoms with Crippen molar-refractivity contribution in [3.05, 3.63) is 24.3 Å². The van der Waals surface area contributed by atoms with Crippen LogP contribution in [0.5, 0.6) is 0 Å². The number of rotatable bonds is 5. The largest absolute Gasteiger partial charge is 0.481 e. The molecule has 1 rings (SSSR count). The number of thioether (sulfide) groups is 1. The van der Waals surface area contributed by atoms with Crippen molar-refractivity contribution in [2.45, 2.75) is 18.7 Å². The molecule has 0 aliphatic rings. The van der Waals surface area contributed by atoms with Gasteiger partial charge in [0.2, 0.25) is 5.91 Å². The lowest BCUT2D eigenvalue weighted by Gasteiger charge is -2.11. The summed E-state index contributed by atoms with van der Waals surface area (Å²) in [4.78, 5) is 22.8. The molecular weight excluding hydrogens is 238 g/mol. The number of carbonyl (C=O) groups is 2. The highest BCUT2D eigenvalue weighted by molar-refractivity contribution is 8.00. The van der Waals surface area contributed by atoms with Gasteiger partial charge in [-0.3, -0.25) is 9.59 Å². The summed E-state index contributed by atoms with van der Waals surface area (Å²) in [6.07, 6.45) is 0. The zero-order valence-electron chi connectivity index (χ0n) is 9.77. The van der Waals surface area contributed by atoms with Crippen molar-refractivity contribution in [2.24, 2.45) is 5.92 Å². The van der Waals surface area contributed by atoms with E-state index in [1.165, 1.54) is 11.8 Å². The molecule has 0 aromatic heterocycles. The lowest BCUT2D eigenvalue weighted by molar-refractivity contribution is -0.133. The first-order chi connectivity index (χ1) is 8.00. The summed E-state index contributed by atoms with van der Waals surface area (Å²) in [7, 11) is 0. The highest BCUT2D eigenvalue weighted by Crippen LogP contribution is 2.27. The van der Waals surface area contributed by atoms with Crippen LogP contribution in [0.2, 0.25) is 0 Å². The standard InChI is InChI=1S/C12H15NO3S/c1-8(2)12(16)13-9-5-3-4-6-10(9)17-7-11(14)15/h3-6,8H,7H2,1-2H3,(H,13,16)(H,14,15). The maximum atomic E-state index is 11.6. The Hall–Kier alpha value is -1.49. The van der Waals surface area contributed by atoms with Crippen LogP contribution in [0.25, 0.3) is 0 Å². The van der Waals surface area contributed by atoms with E-state index in [2.05, 4.69) is 5.32 Å². The van der Waals surface area contributed by atoms with Gasteiger partial charge in [0, 0.05) is 10.8 Å². The number of carbonyl (C=O) groups excluding carboxylic acids is 1. The van der Waals surface area contributed by atoms with Crippen LogP contribution in [0.4, 0.5) is 5.69 Å². The molecule has 1 aromatic carbocycles. The van der Waals surface area contributed by atoms with Crippen LogP contribution in [-0.4, -0.2) is 22.7 Å². The summed E-state index contributed by atoms with van der Waals surface area (Å²) in [5, 5.41) is 11.4. The lowest BCUT2D eigenvalue weighted by Crippen LogP contribution is -2.18. The minimum Gasteiger partial charge on any atom is -0.481 e. The highest BCUT2D eigenvalue weighted by atomic mass is 32.2. The average Bonchev–Trinajstić information content (AvgIpc) is 2.27. The van der Waals surface area contributed by atoms with Crippen LogP contribution >= 0.6 is 11.8 Å². The Labute approximate surface area is 104 Å². The predicted octanol–water partition coefficient (Wildman–Crippen LogP) is 2.46. The SMILES string of the molecule is CC(C)C(=O)Nc1ccccc1SCC(=O)O. The van der Waals surface area contributed by atoms with E-state index in [1.54, 1.807) is 18.2 Å². The average molecular weight is 253 g/mol. The molecule has 0 fully saturated rings. The first-order valence-electron chi connectivity index (χ1n) is 5.25. The second-order valence-electron chi connectivity index (χ2n) is 3.82. The van der Waals surface area contributed by atoms with Crippen LogP contribution in [0.15, 0.2) is 29.2 Å². The van der Waals surface area contributed by atoms with E-state index < -0.39 is 5.97 Å². The van der Waals surface area contributed by atoms with E-state index in [0.29, 0.717) is 5.69 Å². The van der Waals surface area contributed by atoms with Gasteiger partial charge in [-0.15, -0.1) is 11.8 Å². The first kappa shape index (κ1) is 13.6. The Morgan fingerprint density at radius 2 is 2.00 bits per heavy atom. The van der Waals surface area contributed by atoms with Crippen LogP contribution < -0.4 is 5.32 Å². The van der Waals surface area contributed by atoms with Gasteiger partial charge in [0.1, 0.15) is 0 Å². The molecule has 0 atom stereocenters. The monoisotopic (exact) mass is 253 g/mol. The maximum Gasteiger partial charge on any atom is 0.313 e. The molecule has 0 spiro atoms. The molecule has 0 saturated carbocycles. The van der Waals surface area contributed by atoms with Crippen molar-refractivity contribution in [3.8, 4) is 0 Å². The quantitative estimate of drug-likeness (QED) is 0.791. The first-order valence-corrected chi connectivity index (χ1v) is 6.23. The molecule has 5 heteroatoms. The molecule has 0 heterocycles. The van der Waals surface area contributed by atoms with Crippen molar-refractivity contribution in [1.29, 1.82) is 0 Å². The minimum atomic E-state index is -0.875. The molecule has 0 aliphatic heterocycles. The third kappa shape index (κ3) is 4.48. The Kier molecular flexibility index (Phi) is 5.03. The van der Waals surface area contributed by atoms with E-state index >= 15 is 0 Å². The van der Waals surface area contributed by atoms with E-state index in [-0.39, 0.29) is 17.6 Å². The van der Waals surface area contributed by atoms with Gasteiger partial charge in [0.05, 0.1) is 11.4 Å². The van der Waals surface area contributed by atoms with Gasteiger partial charge >= 0.3 is 5.97 Å². The summed E-state index contributed by atoms with van der Waals surface area (Å²) in [5.74, 6) is -1.07. The molecule has 4 nitrogen and oxygen atoms in total. The van der Waals surface area contributed by atoms with Gasteiger partial charge in [-0.2, -0.15) is 0 Å². The number of hydrogen-bond donors (Lipinski definition) is 2. The topological polar surface area (TPSA) is 66.4 Å². The fourth-order valence-corrected chi connectivity index (χ4v) is 1.84. The third-order valence-electron chi connectivity index (χ3n) is 2.02. The molecular formula is C12H15NO3S. The van der Waals surface area contributed by atoms with Gasteiger partial charge in [-0.1, -0.05) is 26.0 Å². The molecule has 2 N–H and O–H groups in total. The van der Waals surface area contributed by atoms with Crippen molar-refractivity contribution in [1.82, 2.24) is 0 Å². The van der Waals surface area contributed by atoms with E-state index in [0.717, 1.165) is 4.90 Å². The number of nitrogens with one attached hydrogen (secondary N) is 1. The molecule has 1 aromatic rings. The number of carboxylic acids is 1. The summed E-state index contributed by atoms with van der Waals surface area (Å²) in [5.41, 5.74) is 0.664. The Morgan fingerprint density at radius 1 is 1.35 bits per heavy atom. The van der Waals surface area contributed by atoms with Gasteiger partial charge in [-0.25, -0.2) is 0 Å². The molecule has 0 bridgehead atoms. The van der Waals surface area contributed by atoms with Gasteiger partial charge in [0.15, 0.2) is 0 Å². The van der Waals surface area contributed by atoms with E-state index in [1.807, 2.05) is 19.9 Å². The third-order valence-corrected chi connectivity index (χ3v) is 3.08. The zero-order valence-corrected chi connectivity index (χ0v) is 10.6. The number of aliphatic carboxylic acids is 1. The van der Waals surface area contributed by atoms with Crippen LogP contribution in [0, 0.1) is 5.92 Å². The van der Waals surface area contributed by atoms with Crippen LogP contribution in [-0.2, 0) is 9.59 Å². The number of hydrogen-bond acceptors (Lipinski definition) is 3. The van der Waals surface area contributed by atoms with E-state index in [9.17, 15) is 9.59 Å². The summed E-state index contributed by atoms with van der Waals surface area (Å²) in [6, 6.07) is 7.18. The minimum absolute atomic E-state index is 0.0193. The smallest absolute Gasteiger partial charge is 0.313 e. The van der Waals surface area contributed by atoms with Crippen molar-refractivity contribution >= 4 is 29.3 Å². The molecule has 0 aliphatic carbocycles. The second kappa shape index (κ2) is 6.30. The predicted molar refractivity (Wildman–Crippen MR) is 68.3 cm³/mol. The van der Waals surface area contributed by atoms with Gasteiger partial charge in [0.25, 0.3) is 0 Å². The van der Waals surface area contributed by atoms with Crippen molar-refractivity contribution in [3.63, 3.8) is 0 Å². The number of carboxylic acid groups (broad SMARTS) is 1. The molecule has 0 saturated heterocycles. The normalized spacial score (nSPS) is 10.3. The number of benzene rings is 1. The molecule has 1 amide bonds. The molecule has 0 unspecified atom stereocenters. The Bertz CT molecular complexity index is 418. The summed E-state index contributed by atoms with van der Waals surface area (Å²) >= 11 is 1.19. The van der Waals surface area contributed by atoms with Crippen molar-refractivity contribution in [2.75, 3.05) is 11.1 Å². The summed E-state index contributed by atoms with van der Waals surface area (Å²) in [6.45, 7) is 3.62. The zero-order chi connectivity index (χ0) is 12.8.